The summed E-state index contributed by atoms with van der Waals surface area (Å²) >= 11 is 0. The Morgan fingerprint density at radius 2 is 1.85 bits per heavy atom. The van der Waals surface area contributed by atoms with Crippen molar-refractivity contribution in [2.75, 3.05) is 7.11 Å². The molecule has 1 heterocycles. The zero-order valence-corrected chi connectivity index (χ0v) is 12.1. The van der Waals surface area contributed by atoms with Gasteiger partial charge in [0.05, 0.1) is 18.8 Å². The van der Waals surface area contributed by atoms with Crippen molar-refractivity contribution in [3.63, 3.8) is 0 Å². The quantitative estimate of drug-likeness (QED) is 0.624. The Balaban J connectivity index is 2.52. The molecule has 0 radical (unpaired) electrons. The van der Waals surface area contributed by atoms with Crippen molar-refractivity contribution in [2.24, 2.45) is 0 Å². The highest BCUT2D eigenvalue weighted by Gasteiger charge is 2.33. The van der Waals surface area contributed by atoms with E-state index in [9.17, 15) is 4.79 Å². The number of esters is 1. The molecule has 0 fully saturated rings. The van der Waals surface area contributed by atoms with Crippen LogP contribution in [0.3, 0.4) is 0 Å². The van der Waals surface area contributed by atoms with Crippen LogP contribution in [0.1, 0.15) is 26.3 Å². The molecule has 4 heteroatoms. The van der Waals surface area contributed by atoms with Gasteiger partial charge in [-0.3, -0.25) is 0 Å². The number of methoxy groups -OCH3 is 1. The van der Waals surface area contributed by atoms with Gasteiger partial charge < -0.3 is 14.2 Å². The molecule has 1 aliphatic rings. The Kier molecular flexibility index (Phi) is 4.13. The molecule has 0 saturated heterocycles. The Morgan fingerprint density at radius 1 is 1.20 bits per heavy atom. The average Bonchev–Trinajstić information content (AvgIpc) is 2.69. The third-order valence-corrected chi connectivity index (χ3v) is 2.85. The minimum Gasteiger partial charge on any atom is -0.492 e. The van der Waals surface area contributed by atoms with E-state index in [2.05, 4.69) is 0 Å². The number of hydrogen-bond donors (Lipinski definition) is 0. The fourth-order valence-corrected chi connectivity index (χ4v) is 1.94. The molecule has 106 valence electrons. The van der Waals surface area contributed by atoms with Gasteiger partial charge in [-0.1, -0.05) is 30.3 Å². The summed E-state index contributed by atoms with van der Waals surface area (Å²) in [6.07, 6.45) is -0.0571. The summed E-state index contributed by atoms with van der Waals surface area (Å²) in [4.78, 5) is 11.8. The largest absolute Gasteiger partial charge is 0.492 e. The van der Waals surface area contributed by atoms with Gasteiger partial charge in [-0.2, -0.15) is 0 Å². The lowest BCUT2D eigenvalue weighted by atomic mass is 10.1. The van der Waals surface area contributed by atoms with Gasteiger partial charge in [0.2, 0.25) is 5.76 Å². The van der Waals surface area contributed by atoms with Crippen LogP contribution in [0.4, 0.5) is 0 Å². The van der Waals surface area contributed by atoms with Crippen LogP contribution in [-0.2, 0) is 19.0 Å². The van der Waals surface area contributed by atoms with E-state index in [-0.39, 0.29) is 6.10 Å². The lowest BCUT2D eigenvalue weighted by molar-refractivity contribution is -0.133. The van der Waals surface area contributed by atoms with Crippen LogP contribution in [0.15, 0.2) is 47.4 Å². The summed E-state index contributed by atoms with van der Waals surface area (Å²) in [6, 6.07) is 9.48. The number of ether oxygens (including phenoxy) is 3. The van der Waals surface area contributed by atoms with Crippen molar-refractivity contribution < 1.29 is 19.0 Å². The molecule has 0 N–H and O–H groups in total. The average molecular weight is 274 g/mol. The minimum absolute atomic E-state index is 0.0571. The van der Waals surface area contributed by atoms with Gasteiger partial charge in [0, 0.05) is 5.56 Å². The summed E-state index contributed by atoms with van der Waals surface area (Å²) in [5.41, 5.74) is 1.29. The lowest BCUT2D eigenvalue weighted by Crippen LogP contribution is -2.06. The second-order valence-corrected chi connectivity index (χ2v) is 4.74. The molecule has 1 aromatic carbocycles. The fourth-order valence-electron chi connectivity index (χ4n) is 1.94. The third-order valence-electron chi connectivity index (χ3n) is 2.85. The standard InChI is InChI=1S/C16H18O4/c1-10(2)19-13-11(3)16(17)20-15(13)14(18-4)12-8-6-5-7-9-12/h5-10H,1-4H3/b15-14+. The fraction of sp³-hybridized carbons (Fsp3) is 0.312. The number of carbonyl (C=O) groups excluding carboxylic acids is 1. The van der Waals surface area contributed by atoms with E-state index in [0.717, 1.165) is 5.56 Å². The van der Waals surface area contributed by atoms with Crippen molar-refractivity contribution >= 4 is 11.7 Å². The molecular weight excluding hydrogens is 256 g/mol. The molecule has 0 saturated carbocycles. The summed E-state index contributed by atoms with van der Waals surface area (Å²) in [5, 5.41) is 0. The smallest absolute Gasteiger partial charge is 0.343 e. The van der Waals surface area contributed by atoms with Crippen LogP contribution in [-0.4, -0.2) is 19.2 Å². The van der Waals surface area contributed by atoms with Crippen LogP contribution in [0, 0.1) is 0 Å². The number of carbonyl (C=O) groups is 1. The van der Waals surface area contributed by atoms with Gasteiger partial charge in [0.25, 0.3) is 0 Å². The van der Waals surface area contributed by atoms with E-state index in [1.165, 1.54) is 0 Å². The summed E-state index contributed by atoms with van der Waals surface area (Å²) in [7, 11) is 1.55. The van der Waals surface area contributed by atoms with E-state index >= 15 is 0 Å². The molecule has 0 aromatic heterocycles. The summed E-state index contributed by atoms with van der Waals surface area (Å²) in [6.45, 7) is 5.48. The van der Waals surface area contributed by atoms with Gasteiger partial charge in [0.15, 0.2) is 11.5 Å². The molecule has 0 atom stereocenters. The minimum atomic E-state index is -0.402. The molecule has 20 heavy (non-hydrogen) atoms. The molecule has 4 nitrogen and oxygen atoms in total. The predicted octanol–water partition coefficient (Wildman–Crippen LogP) is 3.26. The predicted molar refractivity (Wildman–Crippen MR) is 75.4 cm³/mol. The summed E-state index contributed by atoms with van der Waals surface area (Å²) in [5.74, 6) is 0.883. The second kappa shape index (κ2) is 5.82. The maximum atomic E-state index is 11.8. The van der Waals surface area contributed by atoms with Gasteiger partial charge in [0.1, 0.15) is 0 Å². The van der Waals surface area contributed by atoms with Crippen molar-refractivity contribution in [3.05, 3.63) is 53.0 Å². The Labute approximate surface area is 118 Å². The molecule has 0 bridgehead atoms. The molecule has 1 aliphatic heterocycles. The Bertz CT molecular complexity index is 567. The van der Waals surface area contributed by atoms with Gasteiger partial charge in [-0.05, 0) is 20.8 Å². The first kappa shape index (κ1) is 14.2. The Hall–Kier alpha value is -2.23. The van der Waals surface area contributed by atoms with Gasteiger partial charge in [-0.15, -0.1) is 0 Å². The first-order chi connectivity index (χ1) is 9.54. The van der Waals surface area contributed by atoms with Crippen molar-refractivity contribution in [1.82, 2.24) is 0 Å². The van der Waals surface area contributed by atoms with Crippen LogP contribution >= 0.6 is 0 Å². The maximum absolute atomic E-state index is 11.8. The second-order valence-electron chi connectivity index (χ2n) is 4.74. The molecule has 0 spiro atoms. The third kappa shape index (κ3) is 2.69. The normalized spacial score (nSPS) is 17.4. The van der Waals surface area contributed by atoms with E-state index in [0.29, 0.717) is 22.9 Å². The zero-order valence-electron chi connectivity index (χ0n) is 12.1. The number of benzene rings is 1. The molecule has 0 unspecified atom stereocenters. The van der Waals surface area contributed by atoms with E-state index in [1.807, 2.05) is 44.2 Å². The van der Waals surface area contributed by atoms with Crippen molar-refractivity contribution in [1.29, 1.82) is 0 Å². The first-order valence-corrected chi connectivity index (χ1v) is 6.48. The lowest BCUT2D eigenvalue weighted by Gasteiger charge is -2.15. The molecule has 0 amide bonds. The van der Waals surface area contributed by atoms with E-state index in [1.54, 1.807) is 14.0 Å². The summed E-state index contributed by atoms with van der Waals surface area (Å²) < 4.78 is 16.4. The molecular formula is C16H18O4. The zero-order chi connectivity index (χ0) is 14.7. The van der Waals surface area contributed by atoms with Crippen LogP contribution in [0.2, 0.25) is 0 Å². The molecule has 0 aliphatic carbocycles. The SMILES string of the molecule is CO/C(=C1/OC(=O)C(C)=C1OC(C)C)c1ccccc1. The monoisotopic (exact) mass is 274 g/mol. The Morgan fingerprint density at radius 3 is 2.40 bits per heavy atom. The number of cyclic esters (lactones) is 1. The van der Waals surface area contributed by atoms with Crippen LogP contribution < -0.4 is 0 Å². The highest BCUT2D eigenvalue weighted by molar-refractivity contribution is 5.95. The molecule has 1 aromatic rings. The van der Waals surface area contributed by atoms with Gasteiger partial charge >= 0.3 is 5.97 Å². The van der Waals surface area contributed by atoms with E-state index < -0.39 is 5.97 Å². The molecule has 2 rings (SSSR count). The maximum Gasteiger partial charge on any atom is 0.343 e. The van der Waals surface area contributed by atoms with Crippen molar-refractivity contribution in [2.45, 2.75) is 26.9 Å². The van der Waals surface area contributed by atoms with Crippen molar-refractivity contribution in [3.8, 4) is 0 Å². The van der Waals surface area contributed by atoms with Crippen LogP contribution in [0.5, 0.6) is 0 Å². The van der Waals surface area contributed by atoms with E-state index in [4.69, 9.17) is 14.2 Å². The highest BCUT2D eigenvalue weighted by atomic mass is 16.6. The van der Waals surface area contributed by atoms with Gasteiger partial charge in [-0.25, -0.2) is 4.79 Å². The number of rotatable bonds is 4. The number of hydrogen-bond acceptors (Lipinski definition) is 4. The van der Waals surface area contributed by atoms with Crippen LogP contribution in [0.25, 0.3) is 5.76 Å². The first-order valence-electron chi connectivity index (χ1n) is 6.48. The topological polar surface area (TPSA) is 44.8 Å². The highest BCUT2D eigenvalue weighted by Crippen LogP contribution is 2.34.